The molecule has 5 nitrogen and oxygen atoms in total. The maximum atomic E-state index is 11.4. The summed E-state index contributed by atoms with van der Waals surface area (Å²) in [4.78, 5) is 14.7. The lowest BCUT2D eigenvalue weighted by Gasteiger charge is -2.22. The summed E-state index contributed by atoms with van der Waals surface area (Å²) >= 11 is 0. The first kappa shape index (κ1) is 15.3. The van der Waals surface area contributed by atoms with E-state index in [4.69, 9.17) is 4.74 Å². The number of ether oxygens (including phenoxy) is 1. The molecule has 1 atom stereocenters. The molecule has 0 radical (unpaired) electrons. The molecule has 0 fully saturated rings. The van der Waals surface area contributed by atoms with Crippen LogP contribution in [0.1, 0.15) is 13.8 Å². The van der Waals surface area contributed by atoms with Gasteiger partial charge in [-0.3, -0.25) is 9.69 Å². The van der Waals surface area contributed by atoms with Crippen LogP contribution in [0.3, 0.4) is 0 Å². The van der Waals surface area contributed by atoms with Crippen LogP contribution >= 0.6 is 0 Å². The van der Waals surface area contributed by atoms with Gasteiger partial charge in [0.05, 0.1) is 25.4 Å². The van der Waals surface area contributed by atoms with Crippen LogP contribution < -0.4 is 0 Å². The number of hydrogen-bond acceptors (Lipinski definition) is 4. The lowest BCUT2D eigenvalue weighted by Crippen LogP contribution is -2.39. The summed E-state index contributed by atoms with van der Waals surface area (Å²) < 4.78 is 5.28. The fourth-order valence-corrected chi connectivity index (χ4v) is 1.15. The van der Waals surface area contributed by atoms with Crippen LogP contribution in [0.5, 0.6) is 0 Å². The highest BCUT2D eigenvalue weighted by Gasteiger charge is 2.13. The van der Waals surface area contributed by atoms with Crippen LogP contribution in [-0.4, -0.2) is 73.9 Å². The minimum atomic E-state index is -0.553. The number of carbonyl (C=O) groups is 1. The summed E-state index contributed by atoms with van der Waals surface area (Å²) in [6.07, 6.45) is -0.439. The second-order valence-corrected chi connectivity index (χ2v) is 4.52. The highest BCUT2D eigenvalue weighted by atomic mass is 16.5. The summed E-state index contributed by atoms with van der Waals surface area (Å²) in [6, 6.07) is 0. The average molecular weight is 232 g/mol. The predicted octanol–water partition coefficient (Wildman–Crippen LogP) is -0.208. The molecule has 96 valence electrons. The van der Waals surface area contributed by atoms with E-state index in [9.17, 15) is 9.90 Å². The maximum absolute atomic E-state index is 11.4. The lowest BCUT2D eigenvalue weighted by molar-refractivity contribution is -0.130. The van der Waals surface area contributed by atoms with Crippen molar-refractivity contribution < 1.29 is 14.6 Å². The fraction of sp³-hybridized carbons (Fsp3) is 0.909. The molecule has 1 amide bonds. The molecule has 0 saturated carbocycles. The first-order valence-electron chi connectivity index (χ1n) is 5.51. The molecule has 0 spiro atoms. The second-order valence-electron chi connectivity index (χ2n) is 4.52. The van der Waals surface area contributed by atoms with Crippen LogP contribution in [0.25, 0.3) is 0 Å². The van der Waals surface area contributed by atoms with Gasteiger partial charge in [-0.2, -0.15) is 0 Å². The molecule has 0 aromatic heterocycles. The molecular formula is C11H24N2O3. The molecule has 0 saturated heterocycles. The predicted molar refractivity (Wildman–Crippen MR) is 63.3 cm³/mol. The van der Waals surface area contributed by atoms with Crippen molar-refractivity contribution in [2.75, 3.05) is 40.8 Å². The van der Waals surface area contributed by atoms with E-state index in [2.05, 4.69) is 0 Å². The zero-order valence-electron chi connectivity index (χ0n) is 10.9. The molecule has 1 unspecified atom stereocenters. The molecule has 0 aliphatic heterocycles. The van der Waals surface area contributed by atoms with Gasteiger partial charge in [0, 0.05) is 20.6 Å². The molecule has 0 aliphatic rings. The summed E-state index contributed by atoms with van der Waals surface area (Å²) in [6.45, 7) is 4.90. The quantitative estimate of drug-likeness (QED) is 0.660. The third-order valence-electron chi connectivity index (χ3n) is 2.05. The molecule has 16 heavy (non-hydrogen) atoms. The van der Waals surface area contributed by atoms with Crippen molar-refractivity contribution in [3.8, 4) is 0 Å². The Hall–Kier alpha value is -0.650. The SMILES string of the molecule is CC(C)OCC(O)CN(C)CC(=O)N(C)C. The normalized spacial score (nSPS) is 13.2. The number of aliphatic hydroxyl groups excluding tert-OH is 1. The molecule has 0 bridgehead atoms. The van der Waals surface area contributed by atoms with Crippen molar-refractivity contribution in [2.24, 2.45) is 0 Å². The van der Waals surface area contributed by atoms with Crippen LogP contribution in [0.4, 0.5) is 0 Å². The van der Waals surface area contributed by atoms with Gasteiger partial charge < -0.3 is 14.7 Å². The van der Waals surface area contributed by atoms with E-state index in [1.807, 2.05) is 13.8 Å². The van der Waals surface area contributed by atoms with Crippen molar-refractivity contribution in [3.63, 3.8) is 0 Å². The highest BCUT2D eigenvalue weighted by molar-refractivity contribution is 5.77. The number of carbonyl (C=O) groups excluding carboxylic acids is 1. The molecule has 0 aromatic carbocycles. The number of likely N-dealkylation sites (N-methyl/N-ethyl adjacent to an activating group) is 2. The summed E-state index contributed by atoms with van der Waals surface area (Å²) in [5, 5.41) is 9.63. The Morgan fingerprint density at radius 2 is 1.88 bits per heavy atom. The number of rotatable bonds is 7. The molecule has 0 rings (SSSR count). The number of amides is 1. The Labute approximate surface area is 98.0 Å². The first-order valence-corrected chi connectivity index (χ1v) is 5.51. The van der Waals surface area contributed by atoms with Crippen LogP contribution in [0.2, 0.25) is 0 Å². The van der Waals surface area contributed by atoms with E-state index in [1.165, 1.54) is 4.90 Å². The van der Waals surface area contributed by atoms with Crippen LogP contribution in [-0.2, 0) is 9.53 Å². The van der Waals surface area contributed by atoms with Gasteiger partial charge in [0.15, 0.2) is 0 Å². The number of hydrogen-bond donors (Lipinski definition) is 1. The Bertz CT molecular complexity index is 207. The Kier molecular flexibility index (Phi) is 7.29. The molecule has 0 heterocycles. The Morgan fingerprint density at radius 3 is 2.31 bits per heavy atom. The summed E-state index contributed by atoms with van der Waals surface area (Å²) in [5.74, 6) is 0.0273. The molecule has 0 aliphatic carbocycles. The van der Waals surface area contributed by atoms with E-state index in [0.29, 0.717) is 19.7 Å². The Morgan fingerprint density at radius 1 is 1.31 bits per heavy atom. The second kappa shape index (κ2) is 7.60. The van der Waals surface area contributed by atoms with Crippen molar-refractivity contribution >= 4 is 5.91 Å². The summed E-state index contributed by atoms with van der Waals surface area (Å²) in [7, 11) is 5.24. The van der Waals surface area contributed by atoms with E-state index in [-0.39, 0.29) is 12.0 Å². The van der Waals surface area contributed by atoms with E-state index in [0.717, 1.165) is 0 Å². The maximum Gasteiger partial charge on any atom is 0.236 e. The van der Waals surface area contributed by atoms with Crippen molar-refractivity contribution in [1.82, 2.24) is 9.80 Å². The van der Waals surface area contributed by atoms with Crippen molar-refractivity contribution in [1.29, 1.82) is 0 Å². The number of aliphatic hydroxyl groups is 1. The number of nitrogens with zero attached hydrogens (tertiary/aromatic N) is 2. The van der Waals surface area contributed by atoms with Crippen LogP contribution in [0, 0.1) is 0 Å². The monoisotopic (exact) mass is 232 g/mol. The molecule has 0 aromatic rings. The van der Waals surface area contributed by atoms with Gasteiger partial charge >= 0.3 is 0 Å². The van der Waals surface area contributed by atoms with E-state index < -0.39 is 6.10 Å². The zero-order valence-corrected chi connectivity index (χ0v) is 10.9. The molecule has 1 N–H and O–H groups in total. The largest absolute Gasteiger partial charge is 0.389 e. The van der Waals surface area contributed by atoms with Gasteiger partial charge in [0.2, 0.25) is 5.91 Å². The van der Waals surface area contributed by atoms with Gasteiger partial charge in [0.25, 0.3) is 0 Å². The molecular weight excluding hydrogens is 208 g/mol. The zero-order chi connectivity index (χ0) is 12.7. The standard InChI is InChI=1S/C11H24N2O3/c1-9(2)16-8-10(14)6-13(5)7-11(15)12(3)4/h9-10,14H,6-8H2,1-5H3. The van der Waals surface area contributed by atoms with Gasteiger partial charge in [0.1, 0.15) is 0 Å². The first-order chi connectivity index (χ1) is 7.32. The third kappa shape index (κ3) is 7.62. The van der Waals surface area contributed by atoms with E-state index in [1.54, 1.807) is 26.0 Å². The lowest BCUT2D eigenvalue weighted by atomic mass is 10.3. The van der Waals surface area contributed by atoms with Crippen molar-refractivity contribution in [3.05, 3.63) is 0 Å². The average Bonchev–Trinajstić information content (AvgIpc) is 2.14. The minimum absolute atomic E-state index is 0.0273. The van der Waals surface area contributed by atoms with Crippen LogP contribution in [0.15, 0.2) is 0 Å². The summed E-state index contributed by atoms with van der Waals surface area (Å²) in [5.41, 5.74) is 0. The molecule has 5 heteroatoms. The van der Waals surface area contributed by atoms with Gasteiger partial charge in [-0.1, -0.05) is 0 Å². The third-order valence-corrected chi connectivity index (χ3v) is 2.05. The Balaban J connectivity index is 3.77. The minimum Gasteiger partial charge on any atom is -0.389 e. The van der Waals surface area contributed by atoms with Gasteiger partial charge in [-0.15, -0.1) is 0 Å². The topological polar surface area (TPSA) is 53.0 Å². The highest BCUT2D eigenvalue weighted by Crippen LogP contribution is 1.95. The van der Waals surface area contributed by atoms with E-state index >= 15 is 0 Å². The fourth-order valence-electron chi connectivity index (χ4n) is 1.15. The van der Waals surface area contributed by atoms with Gasteiger partial charge in [-0.25, -0.2) is 0 Å². The van der Waals surface area contributed by atoms with Gasteiger partial charge in [-0.05, 0) is 20.9 Å². The van der Waals surface area contributed by atoms with Crippen molar-refractivity contribution in [2.45, 2.75) is 26.1 Å². The smallest absolute Gasteiger partial charge is 0.236 e.